The molecule has 0 amide bonds. The molecular formula is C12H20N2S. The zero-order chi connectivity index (χ0) is 10.7. The van der Waals surface area contributed by atoms with E-state index in [1.165, 1.54) is 43.1 Å². The summed E-state index contributed by atoms with van der Waals surface area (Å²) in [7, 11) is 0. The van der Waals surface area contributed by atoms with Crippen molar-refractivity contribution in [1.82, 2.24) is 10.3 Å². The summed E-state index contributed by atoms with van der Waals surface area (Å²) in [6.45, 7) is 6.80. The molecule has 3 heteroatoms. The zero-order valence-corrected chi connectivity index (χ0v) is 10.4. The van der Waals surface area contributed by atoms with E-state index in [4.69, 9.17) is 4.98 Å². The zero-order valence-electron chi connectivity index (χ0n) is 9.62. The normalized spacial score (nSPS) is 22.2. The molecule has 1 atom stereocenters. The summed E-state index contributed by atoms with van der Waals surface area (Å²) in [4.78, 5) is 4.69. The van der Waals surface area contributed by atoms with Crippen molar-refractivity contribution in [3.63, 3.8) is 0 Å². The van der Waals surface area contributed by atoms with Crippen LogP contribution in [-0.4, -0.2) is 18.1 Å². The monoisotopic (exact) mass is 224 g/mol. The molecule has 2 rings (SSSR count). The van der Waals surface area contributed by atoms with Gasteiger partial charge in [-0.1, -0.05) is 13.8 Å². The van der Waals surface area contributed by atoms with E-state index in [0.717, 1.165) is 5.92 Å². The summed E-state index contributed by atoms with van der Waals surface area (Å²) in [6.07, 6.45) is 3.86. The van der Waals surface area contributed by atoms with Gasteiger partial charge in [0, 0.05) is 11.8 Å². The van der Waals surface area contributed by atoms with Crippen molar-refractivity contribution in [1.29, 1.82) is 0 Å². The number of aromatic nitrogens is 1. The maximum atomic E-state index is 4.69. The minimum Gasteiger partial charge on any atom is -0.316 e. The van der Waals surface area contributed by atoms with Crippen molar-refractivity contribution in [3.05, 3.63) is 16.1 Å². The van der Waals surface area contributed by atoms with Crippen LogP contribution in [0.4, 0.5) is 0 Å². The van der Waals surface area contributed by atoms with Crippen LogP contribution >= 0.6 is 11.3 Å². The van der Waals surface area contributed by atoms with Gasteiger partial charge in [-0.2, -0.15) is 0 Å². The van der Waals surface area contributed by atoms with Gasteiger partial charge in [0.1, 0.15) is 0 Å². The van der Waals surface area contributed by atoms with Crippen LogP contribution in [0.5, 0.6) is 0 Å². The summed E-state index contributed by atoms with van der Waals surface area (Å²) >= 11 is 1.83. The minimum atomic E-state index is 0.569. The molecule has 2 nitrogen and oxygen atoms in total. The number of nitrogens with one attached hydrogen (secondary N) is 1. The van der Waals surface area contributed by atoms with Crippen LogP contribution in [0.2, 0.25) is 0 Å². The summed E-state index contributed by atoms with van der Waals surface area (Å²) < 4.78 is 0. The third-order valence-corrected chi connectivity index (χ3v) is 3.91. The Kier molecular flexibility index (Phi) is 3.76. The van der Waals surface area contributed by atoms with E-state index >= 15 is 0 Å². The van der Waals surface area contributed by atoms with Crippen LogP contribution in [0.25, 0.3) is 0 Å². The standard InChI is InChI=1S/C12H20N2S/c1-9(2)11-8-15-12(14-11)6-10-4-3-5-13-7-10/h8-10,13H,3-7H2,1-2H3. The first kappa shape index (κ1) is 11.1. The number of hydrogen-bond donors (Lipinski definition) is 1. The van der Waals surface area contributed by atoms with Crippen molar-refractivity contribution in [2.75, 3.05) is 13.1 Å². The van der Waals surface area contributed by atoms with Gasteiger partial charge >= 0.3 is 0 Å². The molecule has 0 aliphatic carbocycles. The highest BCUT2D eigenvalue weighted by atomic mass is 32.1. The van der Waals surface area contributed by atoms with E-state index in [-0.39, 0.29) is 0 Å². The van der Waals surface area contributed by atoms with Crippen molar-refractivity contribution in [3.8, 4) is 0 Å². The highest BCUT2D eigenvalue weighted by Crippen LogP contribution is 2.22. The van der Waals surface area contributed by atoms with Crippen molar-refractivity contribution >= 4 is 11.3 Å². The van der Waals surface area contributed by atoms with E-state index in [2.05, 4.69) is 24.5 Å². The second-order valence-corrected chi connectivity index (χ2v) is 5.68. The molecule has 0 spiro atoms. The summed E-state index contributed by atoms with van der Waals surface area (Å²) in [5, 5.41) is 7.01. The molecule has 2 heterocycles. The summed E-state index contributed by atoms with van der Waals surface area (Å²) in [6, 6.07) is 0. The molecule has 15 heavy (non-hydrogen) atoms. The SMILES string of the molecule is CC(C)c1csc(CC2CCCNC2)n1. The third kappa shape index (κ3) is 3.02. The Bertz CT molecular complexity index is 300. The van der Waals surface area contributed by atoms with E-state index in [1.807, 2.05) is 11.3 Å². The fraction of sp³-hybridized carbons (Fsp3) is 0.750. The molecule has 84 valence electrons. The van der Waals surface area contributed by atoms with E-state index in [9.17, 15) is 0 Å². The van der Waals surface area contributed by atoms with Crippen LogP contribution in [0, 0.1) is 5.92 Å². The average Bonchev–Trinajstić information content (AvgIpc) is 2.68. The average molecular weight is 224 g/mol. The molecule has 1 aromatic rings. The lowest BCUT2D eigenvalue weighted by Gasteiger charge is -2.21. The van der Waals surface area contributed by atoms with Crippen LogP contribution < -0.4 is 5.32 Å². The van der Waals surface area contributed by atoms with Gasteiger partial charge < -0.3 is 5.32 Å². The Morgan fingerprint density at radius 2 is 2.47 bits per heavy atom. The van der Waals surface area contributed by atoms with Gasteiger partial charge in [-0.25, -0.2) is 4.98 Å². The number of hydrogen-bond acceptors (Lipinski definition) is 3. The minimum absolute atomic E-state index is 0.569. The molecule has 0 aromatic carbocycles. The Balaban J connectivity index is 1.91. The predicted molar refractivity (Wildman–Crippen MR) is 65.5 cm³/mol. The molecule has 0 bridgehead atoms. The molecule has 1 aromatic heterocycles. The first-order chi connectivity index (χ1) is 7.25. The molecule has 1 fully saturated rings. The van der Waals surface area contributed by atoms with Crippen LogP contribution in [0.3, 0.4) is 0 Å². The Morgan fingerprint density at radius 3 is 3.07 bits per heavy atom. The second-order valence-electron chi connectivity index (χ2n) is 4.74. The van der Waals surface area contributed by atoms with Gasteiger partial charge in [-0.15, -0.1) is 11.3 Å². The molecule has 1 aliphatic rings. The van der Waals surface area contributed by atoms with Crippen LogP contribution in [-0.2, 0) is 6.42 Å². The first-order valence-electron chi connectivity index (χ1n) is 5.90. The largest absolute Gasteiger partial charge is 0.316 e. The fourth-order valence-corrected chi connectivity index (χ4v) is 3.10. The van der Waals surface area contributed by atoms with E-state index in [0.29, 0.717) is 5.92 Å². The fourth-order valence-electron chi connectivity index (χ4n) is 2.03. The lowest BCUT2D eigenvalue weighted by atomic mass is 9.97. The molecule has 1 aliphatic heterocycles. The summed E-state index contributed by atoms with van der Waals surface area (Å²) in [5.41, 5.74) is 1.26. The van der Waals surface area contributed by atoms with Crippen LogP contribution in [0.1, 0.15) is 43.3 Å². The molecule has 0 radical (unpaired) electrons. The third-order valence-electron chi connectivity index (χ3n) is 3.02. The smallest absolute Gasteiger partial charge is 0.0931 e. The molecular weight excluding hydrogens is 204 g/mol. The Morgan fingerprint density at radius 1 is 1.60 bits per heavy atom. The number of rotatable bonds is 3. The second kappa shape index (κ2) is 5.08. The topological polar surface area (TPSA) is 24.9 Å². The predicted octanol–water partition coefficient (Wildman–Crippen LogP) is 2.81. The number of thiazole rings is 1. The Hall–Kier alpha value is -0.410. The highest BCUT2D eigenvalue weighted by molar-refractivity contribution is 7.09. The molecule has 1 saturated heterocycles. The number of nitrogens with zero attached hydrogens (tertiary/aromatic N) is 1. The number of piperidine rings is 1. The maximum Gasteiger partial charge on any atom is 0.0931 e. The van der Waals surface area contributed by atoms with Crippen LogP contribution in [0.15, 0.2) is 5.38 Å². The van der Waals surface area contributed by atoms with Gasteiger partial charge in [-0.05, 0) is 37.8 Å². The van der Waals surface area contributed by atoms with E-state index in [1.54, 1.807) is 0 Å². The van der Waals surface area contributed by atoms with Crippen molar-refractivity contribution in [2.45, 2.75) is 39.0 Å². The highest BCUT2D eigenvalue weighted by Gasteiger charge is 2.15. The molecule has 1 N–H and O–H groups in total. The lowest BCUT2D eigenvalue weighted by Crippen LogP contribution is -2.30. The van der Waals surface area contributed by atoms with Gasteiger partial charge in [0.25, 0.3) is 0 Å². The van der Waals surface area contributed by atoms with E-state index < -0.39 is 0 Å². The maximum absolute atomic E-state index is 4.69. The van der Waals surface area contributed by atoms with Gasteiger partial charge in [0.15, 0.2) is 0 Å². The quantitative estimate of drug-likeness (QED) is 0.854. The first-order valence-corrected chi connectivity index (χ1v) is 6.78. The van der Waals surface area contributed by atoms with Gasteiger partial charge in [0.05, 0.1) is 10.7 Å². The Labute approximate surface area is 96.1 Å². The lowest BCUT2D eigenvalue weighted by molar-refractivity contribution is 0.375. The molecule has 1 unspecified atom stereocenters. The van der Waals surface area contributed by atoms with Gasteiger partial charge in [0.2, 0.25) is 0 Å². The molecule has 0 saturated carbocycles. The van der Waals surface area contributed by atoms with Crippen molar-refractivity contribution in [2.24, 2.45) is 5.92 Å². The summed E-state index contributed by atoms with van der Waals surface area (Å²) in [5.74, 6) is 1.38. The van der Waals surface area contributed by atoms with Crippen molar-refractivity contribution < 1.29 is 0 Å². The van der Waals surface area contributed by atoms with Gasteiger partial charge in [-0.3, -0.25) is 0 Å².